The zero-order valence-electron chi connectivity index (χ0n) is 13.7. The van der Waals surface area contributed by atoms with Crippen LogP contribution in [-0.2, 0) is 0 Å². The van der Waals surface area contributed by atoms with Crippen LogP contribution in [0.5, 0.6) is 0 Å². The molecule has 1 aliphatic heterocycles. The molecule has 0 saturated carbocycles. The Balaban J connectivity index is 1.64. The molecular weight excluding hydrogens is 354 g/mol. The molecule has 134 valence electrons. The summed E-state index contributed by atoms with van der Waals surface area (Å²) in [5.41, 5.74) is 1.50. The Morgan fingerprint density at radius 2 is 2.08 bits per heavy atom. The number of nitrogens with zero attached hydrogens (tertiary/aromatic N) is 4. The molecule has 1 aromatic carbocycles. The molecule has 1 amide bonds. The van der Waals surface area contributed by atoms with Crippen molar-refractivity contribution in [3.05, 3.63) is 48.5 Å². The molecule has 26 heavy (non-hydrogen) atoms. The predicted octanol–water partition coefficient (Wildman–Crippen LogP) is 1.44. The first kappa shape index (κ1) is 17.0. The van der Waals surface area contributed by atoms with E-state index in [1.54, 1.807) is 35.2 Å². The average molecular weight is 371 g/mol. The van der Waals surface area contributed by atoms with Crippen LogP contribution in [0.15, 0.2) is 43.0 Å². The molecule has 1 aliphatic rings. The van der Waals surface area contributed by atoms with Gasteiger partial charge in [-0.25, -0.2) is 15.0 Å². The molecule has 3 N–H and O–H groups in total. The first-order valence-electron chi connectivity index (χ1n) is 8.15. The topological polar surface area (TPSA) is 113 Å². The summed E-state index contributed by atoms with van der Waals surface area (Å²) in [6, 6.07) is 8.84. The second-order valence-electron chi connectivity index (χ2n) is 6.00. The third-order valence-electron chi connectivity index (χ3n) is 4.27. The number of aliphatic hydroxyl groups is 2. The fourth-order valence-corrected chi connectivity index (χ4v) is 4.36. The van der Waals surface area contributed by atoms with Crippen molar-refractivity contribution < 1.29 is 15.0 Å². The van der Waals surface area contributed by atoms with Crippen LogP contribution in [0.1, 0.15) is 22.2 Å². The maximum Gasteiger partial charge on any atom is 0.256 e. The molecule has 3 heterocycles. The van der Waals surface area contributed by atoms with Gasteiger partial charge in [-0.2, -0.15) is 0 Å². The Morgan fingerprint density at radius 1 is 1.27 bits per heavy atom. The fourth-order valence-electron chi connectivity index (χ4n) is 3.00. The number of thioether (sulfide) groups is 1. The molecule has 1 fully saturated rings. The van der Waals surface area contributed by atoms with E-state index in [4.69, 9.17) is 0 Å². The summed E-state index contributed by atoms with van der Waals surface area (Å²) < 4.78 is 1.76. The van der Waals surface area contributed by atoms with Crippen molar-refractivity contribution in [2.45, 2.75) is 23.1 Å². The lowest BCUT2D eigenvalue weighted by molar-refractivity contribution is 0.102. The summed E-state index contributed by atoms with van der Waals surface area (Å²) in [7, 11) is 0. The van der Waals surface area contributed by atoms with E-state index < -0.39 is 6.10 Å². The number of imidazole rings is 1. The van der Waals surface area contributed by atoms with E-state index in [-0.39, 0.29) is 23.1 Å². The van der Waals surface area contributed by atoms with Gasteiger partial charge in [0.15, 0.2) is 17.0 Å². The fraction of sp³-hybridized carbons (Fsp3) is 0.294. The zero-order valence-corrected chi connectivity index (χ0v) is 14.5. The lowest BCUT2D eigenvalue weighted by atomic mass is 10.2. The molecule has 3 aromatic rings. The van der Waals surface area contributed by atoms with Crippen molar-refractivity contribution in [2.24, 2.45) is 0 Å². The number of fused-ring (bicyclic) bond motifs is 1. The lowest BCUT2D eigenvalue weighted by Crippen LogP contribution is -2.17. The Bertz CT molecular complexity index is 933. The summed E-state index contributed by atoms with van der Waals surface area (Å²) in [6.45, 7) is 0.0121. The van der Waals surface area contributed by atoms with Gasteiger partial charge in [-0.3, -0.25) is 9.36 Å². The van der Waals surface area contributed by atoms with E-state index in [9.17, 15) is 15.0 Å². The van der Waals surface area contributed by atoms with E-state index in [0.717, 1.165) is 0 Å². The molecule has 1 saturated heterocycles. The second-order valence-corrected chi connectivity index (χ2v) is 7.42. The third kappa shape index (κ3) is 3.05. The van der Waals surface area contributed by atoms with Crippen LogP contribution >= 0.6 is 11.8 Å². The molecule has 4 rings (SSSR count). The summed E-state index contributed by atoms with van der Waals surface area (Å²) in [4.78, 5) is 25.1. The Hall–Kier alpha value is -2.49. The van der Waals surface area contributed by atoms with E-state index in [0.29, 0.717) is 29.0 Å². The van der Waals surface area contributed by atoms with Gasteiger partial charge in [-0.05, 0) is 18.6 Å². The van der Waals surface area contributed by atoms with Crippen LogP contribution in [0.4, 0.5) is 5.82 Å². The Morgan fingerprint density at radius 3 is 2.81 bits per heavy atom. The molecule has 0 radical (unpaired) electrons. The van der Waals surface area contributed by atoms with Crippen molar-refractivity contribution in [1.82, 2.24) is 19.5 Å². The number of nitrogens with one attached hydrogen (secondary N) is 1. The minimum Gasteiger partial charge on any atom is -0.395 e. The van der Waals surface area contributed by atoms with Crippen molar-refractivity contribution in [3.8, 4) is 0 Å². The summed E-state index contributed by atoms with van der Waals surface area (Å²) in [5, 5.41) is 22.1. The van der Waals surface area contributed by atoms with Gasteiger partial charge in [-0.15, -0.1) is 11.8 Å². The first-order chi connectivity index (χ1) is 12.7. The Labute approximate surface area is 153 Å². The highest BCUT2D eigenvalue weighted by Crippen LogP contribution is 2.42. The van der Waals surface area contributed by atoms with Gasteiger partial charge in [-0.1, -0.05) is 18.2 Å². The number of anilines is 1. The normalized spacial score (nSPS) is 22.6. The SMILES string of the molecule is O=C(Nc1ncnc2c1ncn2[C@@H]1S[C@H](CO)C[C@H]1O)c1ccccc1. The number of carbonyl (C=O) groups is 1. The molecule has 8 nitrogen and oxygen atoms in total. The van der Waals surface area contributed by atoms with Crippen molar-refractivity contribution in [1.29, 1.82) is 0 Å². The Kier molecular flexibility index (Phi) is 4.58. The van der Waals surface area contributed by atoms with Gasteiger partial charge in [0.1, 0.15) is 11.7 Å². The van der Waals surface area contributed by atoms with Gasteiger partial charge < -0.3 is 15.5 Å². The van der Waals surface area contributed by atoms with Crippen LogP contribution in [-0.4, -0.2) is 53.6 Å². The first-order valence-corrected chi connectivity index (χ1v) is 9.10. The van der Waals surface area contributed by atoms with Crippen molar-refractivity contribution in [3.63, 3.8) is 0 Å². The highest BCUT2D eigenvalue weighted by Gasteiger charge is 2.35. The highest BCUT2D eigenvalue weighted by atomic mass is 32.2. The number of hydrogen-bond acceptors (Lipinski definition) is 7. The number of rotatable bonds is 4. The zero-order chi connectivity index (χ0) is 18.1. The number of aliphatic hydroxyl groups excluding tert-OH is 2. The van der Waals surface area contributed by atoms with Crippen LogP contribution in [0.3, 0.4) is 0 Å². The minimum atomic E-state index is -0.605. The quantitative estimate of drug-likeness (QED) is 0.636. The van der Waals surface area contributed by atoms with E-state index in [1.807, 2.05) is 6.07 Å². The lowest BCUT2D eigenvalue weighted by Gasteiger charge is -2.15. The summed E-state index contributed by atoms with van der Waals surface area (Å²) in [6.07, 6.45) is 2.84. The van der Waals surface area contributed by atoms with Gasteiger partial charge in [0.2, 0.25) is 0 Å². The second kappa shape index (κ2) is 7.02. The van der Waals surface area contributed by atoms with Gasteiger partial charge in [0.25, 0.3) is 5.91 Å². The van der Waals surface area contributed by atoms with Crippen LogP contribution in [0.25, 0.3) is 11.2 Å². The largest absolute Gasteiger partial charge is 0.395 e. The number of aromatic nitrogens is 4. The monoisotopic (exact) mass is 371 g/mol. The molecule has 0 bridgehead atoms. The molecule has 9 heteroatoms. The molecule has 3 atom stereocenters. The predicted molar refractivity (Wildman–Crippen MR) is 97.8 cm³/mol. The smallest absolute Gasteiger partial charge is 0.256 e. The van der Waals surface area contributed by atoms with Gasteiger partial charge in [0, 0.05) is 10.8 Å². The third-order valence-corrected chi connectivity index (χ3v) is 5.82. The van der Waals surface area contributed by atoms with E-state index >= 15 is 0 Å². The number of hydrogen-bond donors (Lipinski definition) is 3. The number of carbonyl (C=O) groups excluding carboxylic acids is 1. The van der Waals surface area contributed by atoms with Gasteiger partial charge >= 0.3 is 0 Å². The van der Waals surface area contributed by atoms with Crippen molar-refractivity contribution in [2.75, 3.05) is 11.9 Å². The average Bonchev–Trinajstić information content (AvgIpc) is 3.26. The van der Waals surface area contributed by atoms with E-state index in [1.165, 1.54) is 18.1 Å². The minimum absolute atomic E-state index is 0.0121. The molecule has 0 spiro atoms. The maximum absolute atomic E-state index is 12.4. The summed E-state index contributed by atoms with van der Waals surface area (Å²) >= 11 is 1.48. The standard InChI is InChI=1S/C17H17N5O3S/c23-7-11-6-12(24)17(26-11)22-9-20-13-14(18-8-19-15(13)22)21-16(25)10-4-2-1-3-5-10/h1-5,8-9,11-12,17,23-24H,6-7H2,(H,18,19,21,25)/t11-,12+,17+/m0/s1. The van der Waals surface area contributed by atoms with Crippen molar-refractivity contribution >= 4 is 34.7 Å². The molecule has 0 unspecified atom stereocenters. The number of amides is 1. The van der Waals surface area contributed by atoms with Crippen LogP contribution in [0, 0.1) is 0 Å². The molecular formula is C17H17N5O3S. The number of benzene rings is 1. The van der Waals surface area contributed by atoms with Crippen LogP contribution in [0.2, 0.25) is 0 Å². The summed E-state index contributed by atoms with van der Waals surface area (Å²) in [5.74, 6) is 0.0366. The molecule has 0 aliphatic carbocycles. The highest BCUT2D eigenvalue weighted by molar-refractivity contribution is 8.00. The van der Waals surface area contributed by atoms with Gasteiger partial charge in [0.05, 0.1) is 19.0 Å². The van der Waals surface area contributed by atoms with E-state index in [2.05, 4.69) is 20.3 Å². The maximum atomic E-state index is 12.4. The molecule has 2 aromatic heterocycles. The van der Waals surface area contributed by atoms with Crippen LogP contribution < -0.4 is 5.32 Å².